The largest absolute Gasteiger partial charge is 0.384 e. The quantitative estimate of drug-likeness (QED) is 0.771. The molecule has 0 aromatic rings. The minimum Gasteiger partial charge on any atom is -0.384 e. The minimum atomic E-state index is 0.523. The van der Waals surface area contributed by atoms with E-state index < -0.39 is 0 Å². The molecule has 106 valence electrons. The topological polar surface area (TPSA) is 12.5 Å². The molecule has 3 heteroatoms. The molecule has 0 aromatic heterocycles. The highest BCUT2D eigenvalue weighted by molar-refractivity contribution is 7.80. The van der Waals surface area contributed by atoms with Crippen molar-refractivity contribution in [2.24, 2.45) is 11.3 Å². The number of piperidine rings is 1. The molecule has 1 aliphatic carbocycles. The van der Waals surface area contributed by atoms with E-state index in [0.29, 0.717) is 5.41 Å². The van der Waals surface area contributed by atoms with Crippen molar-refractivity contribution in [3.05, 3.63) is 0 Å². The number of rotatable bonds is 5. The Morgan fingerprint density at radius 3 is 2.39 bits per heavy atom. The first kappa shape index (κ1) is 14.7. The number of thiol groups is 1. The van der Waals surface area contributed by atoms with Gasteiger partial charge in [0.1, 0.15) is 0 Å². The van der Waals surface area contributed by atoms with Gasteiger partial charge in [-0.05, 0) is 55.9 Å². The second kappa shape index (κ2) is 7.16. The van der Waals surface area contributed by atoms with Crippen molar-refractivity contribution in [1.29, 1.82) is 0 Å². The third kappa shape index (κ3) is 3.88. The van der Waals surface area contributed by atoms with Gasteiger partial charge in [-0.1, -0.05) is 19.3 Å². The number of hydrogen-bond acceptors (Lipinski definition) is 3. The van der Waals surface area contributed by atoms with Gasteiger partial charge >= 0.3 is 0 Å². The fourth-order valence-corrected chi connectivity index (χ4v) is 4.11. The zero-order chi connectivity index (χ0) is 12.8. The van der Waals surface area contributed by atoms with E-state index in [0.717, 1.165) is 18.3 Å². The van der Waals surface area contributed by atoms with E-state index in [-0.39, 0.29) is 0 Å². The van der Waals surface area contributed by atoms with Gasteiger partial charge in [-0.25, -0.2) is 0 Å². The zero-order valence-corrected chi connectivity index (χ0v) is 12.8. The molecule has 0 N–H and O–H groups in total. The van der Waals surface area contributed by atoms with Crippen molar-refractivity contribution in [2.75, 3.05) is 39.1 Å². The van der Waals surface area contributed by atoms with E-state index in [1.165, 1.54) is 64.6 Å². The van der Waals surface area contributed by atoms with Crippen LogP contribution in [0.4, 0.5) is 0 Å². The first-order chi connectivity index (χ1) is 8.78. The highest BCUT2D eigenvalue weighted by Gasteiger charge is 2.33. The second-order valence-corrected chi connectivity index (χ2v) is 6.71. The van der Waals surface area contributed by atoms with E-state index in [4.69, 9.17) is 4.74 Å². The van der Waals surface area contributed by atoms with Crippen molar-refractivity contribution in [3.63, 3.8) is 0 Å². The standard InChI is InChI=1S/C15H29NOS/c1-17-11-14-5-9-16(10-6-14)12-15(13-18)7-3-2-4-8-15/h14,18H,2-13H2,1H3. The van der Waals surface area contributed by atoms with Crippen LogP contribution in [-0.2, 0) is 4.74 Å². The third-order valence-corrected chi connectivity index (χ3v) is 5.59. The van der Waals surface area contributed by atoms with E-state index in [9.17, 15) is 0 Å². The van der Waals surface area contributed by atoms with E-state index in [2.05, 4.69) is 17.5 Å². The van der Waals surface area contributed by atoms with Crippen LogP contribution in [0, 0.1) is 11.3 Å². The summed E-state index contributed by atoms with van der Waals surface area (Å²) in [6, 6.07) is 0. The van der Waals surface area contributed by atoms with Crippen LogP contribution in [0.25, 0.3) is 0 Å². The van der Waals surface area contributed by atoms with Crippen molar-refractivity contribution in [2.45, 2.75) is 44.9 Å². The average Bonchev–Trinajstić information content (AvgIpc) is 2.42. The van der Waals surface area contributed by atoms with Crippen LogP contribution >= 0.6 is 12.6 Å². The van der Waals surface area contributed by atoms with Crippen molar-refractivity contribution in [1.82, 2.24) is 4.90 Å². The summed E-state index contributed by atoms with van der Waals surface area (Å²) in [6.07, 6.45) is 9.70. The van der Waals surface area contributed by atoms with Crippen LogP contribution in [0.5, 0.6) is 0 Å². The number of ether oxygens (including phenoxy) is 1. The Hall–Kier alpha value is 0.270. The summed E-state index contributed by atoms with van der Waals surface area (Å²) in [5.74, 6) is 1.87. The normalized spacial score (nSPS) is 26.3. The van der Waals surface area contributed by atoms with Gasteiger partial charge in [0.25, 0.3) is 0 Å². The van der Waals surface area contributed by atoms with E-state index in [1.54, 1.807) is 0 Å². The first-order valence-corrected chi connectivity index (χ1v) is 8.23. The molecule has 1 aliphatic heterocycles. The number of likely N-dealkylation sites (tertiary alicyclic amines) is 1. The lowest BCUT2D eigenvalue weighted by Crippen LogP contribution is -2.44. The lowest BCUT2D eigenvalue weighted by Gasteiger charge is -2.42. The van der Waals surface area contributed by atoms with Gasteiger partial charge in [0.05, 0.1) is 0 Å². The SMILES string of the molecule is COCC1CCN(CC2(CS)CCCCC2)CC1. The molecule has 2 rings (SSSR count). The van der Waals surface area contributed by atoms with Gasteiger partial charge in [0.2, 0.25) is 0 Å². The molecule has 2 aliphatic rings. The lowest BCUT2D eigenvalue weighted by atomic mass is 9.75. The summed E-state index contributed by atoms with van der Waals surface area (Å²) < 4.78 is 5.28. The van der Waals surface area contributed by atoms with Gasteiger partial charge in [0.15, 0.2) is 0 Å². The maximum atomic E-state index is 5.28. The molecule has 0 atom stereocenters. The fourth-order valence-electron chi connectivity index (χ4n) is 3.69. The average molecular weight is 271 g/mol. The van der Waals surface area contributed by atoms with Crippen molar-refractivity contribution >= 4 is 12.6 Å². The minimum absolute atomic E-state index is 0.523. The Kier molecular flexibility index (Phi) is 5.84. The monoisotopic (exact) mass is 271 g/mol. The third-order valence-electron chi connectivity index (χ3n) is 4.92. The van der Waals surface area contributed by atoms with Gasteiger partial charge in [-0.15, -0.1) is 0 Å². The Labute approximate surface area is 118 Å². The van der Waals surface area contributed by atoms with Crippen LogP contribution in [0.1, 0.15) is 44.9 Å². The summed E-state index contributed by atoms with van der Waals surface area (Å²) in [4.78, 5) is 2.69. The van der Waals surface area contributed by atoms with Crippen LogP contribution in [0.15, 0.2) is 0 Å². The van der Waals surface area contributed by atoms with Gasteiger partial charge in [0, 0.05) is 20.3 Å². The number of hydrogen-bond donors (Lipinski definition) is 1. The van der Waals surface area contributed by atoms with Crippen molar-refractivity contribution < 1.29 is 4.74 Å². The molecule has 0 spiro atoms. The predicted octanol–water partition coefficient (Wildman–Crippen LogP) is 3.23. The second-order valence-electron chi connectivity index (χ2n) is 6.39. The Bertz CT molecular complexity index is 233. The molecular weight excluding hydrogens is 242 g/mol. The summed E-state index contributed by atoms with van der Waals surface area (Å²) in [5, 5.41) is 0. The smallest absolute Gasteiger partial charge is 0.0491 e. The molecule has 0 aromatic carbocycles. The molecule has 18 heavy (non-hydrogen) atoms. The number of nitrogens with zero attached hydrogens (tertiary/aromatic N) is 1. The van der Waals surface area contributed by atoms with Gasteiger partial charge in [-0.3, -0.25) is 0 Å². The molecule has 1 heterocycles. The maximum Gasteiger partial charge on any atom is 0.0491 e. The maximum absolute atomic E-state index is 5.28. The Morgan fingerprint density at radius 1 is 1.17 bits per heavy atom. The summed E-state index contributed by atoms with van der Waals surface area (Å²) in [5.41, 5.74) is 0.523. The molecular formula is C15H29NOS. The van der Waals surface area contributed by atoms with E-state index in [1.807, 2.05) is 7.11 Å². The predicted molar refractivity (Wildman–Crippen MR) is 80.4 cm³/mol. The molecule has 0 unspecified atom stereocenters. The van der Waals surface area contributed by atoms with Crippen LogP contribution in [0.3, 0.4) is 0 Å². The molecule has 0 amide bonds. The summed E-state index contributed by atoms with van der Waals surface area (Å²) >= 11 is 4.65. The molecule has 0 radical (unpaired) electrons. The molecule has 1 saturated carbocycles. The van der Waals surface area contributed by atoms with Crippen LogP contribution < -0.4 is 0 Å². The zero-order valence-electron chi connectivity index (χ0n) is 11.9. The highest BCUT2D eigenvalue weighted by atomic mass is 32.1. The van der Waals surface area contributed by atoms with Gasteiger partial charge in [-0.2, -0.15) is 12.6 Å². The van der Waals surface area contributed by atoms with Crippen LogP contribution in [-0.4, -0.2) is 44.0 Å². The van der Waals surface area contributed by atoms with Gasteiger partial charge < -0.3 is 9.64 Å². The molecule has 1 saturated heterocycles. The van der Waals surface area contributed by atoms with E-state index >= 15 is 0 Å². The van der Waals surface area contributed by atoms with Crippen molar-refractivity contribution in [3.8, 4) is 0 Å². The summed E-state index contributed by atoms with van der Waals surface area (Å²) in [6.45, 7) is 4.77. The molecule has 0 bridgehead atoms. The Balaban J connectivity index is 1.79. The lowest BCUT2D eigenvalue weighted by molar-refractivity contribution is 0.0669. The number of methoxy groups -OCH3 is 1. The highest BCUT2D eigenvalue weighted by Crippen LogP contribution is 2.38. The Morgan fingerprint density at radius 2 is 1.83 bits per heavy atom. The molecule has 2 nitrogen and oxygen atoms in total. The molecule has 2 fully saturated rings. The summed E-state index contributed by atoms with van der Waals surface area (Å²) in [7, 11) is 1.82. The first-order valence-electron chi connectivity index (χ1n) is 7.60. The van der Waals surface area contributed by atoms with Crippen LogP contribution in [0.2, 0.25) is 0 Å². The fraction of sp³-hybridized carbons (Fsp3) is 1.00.